The molecule has 2 aliphatic rings. The highest BCUT2D eigenvalue weighted by Crippen LogP contribution is 2.38. The van der Waals surface area contributed by atoms with E-state index in [0.29, 0.717) is 33.7 Å². The predicted molar refractivity (Wildman–Crippen MR) is 175 cm³/mol. The summed E-state index contributed by atoms with van der Waals surface area (Å²) in [7, 11) is -4.02. The monoisotopic (exact) mass is 718 g/mol. The summed E-state index contributed by atoms with van der Waals surface area (Å²) in [5.74, 6) is 1.67. The summed E-state index contributed by atoms with van der Waals surface area (Å²) < 4.78 is 67.9. The van der Waals surface area contributed by atoms with Crippen molar-refractivity contribution >= 4 is 39.2 Å². The molecule has 2 aliphatic heterocycles. The summed E-state index contributed by atoms with van der Waals surface area (Å²) in [4.78, 5) is 15.3. The molecule has 1 amide bonds. The van der Waals surface area contributed by atoms with Gasteiger partial charge >= 0.3 is 6.09 Å². The number of sulfonamides is 1. The number of amides is 1. The lowest BCUT2D eigenvalue weighted by Crippen LogP contribution is -2.51. The van der Waals surface area contributed by atoms with Crippen LogP contribution in [0.5, 0.6) is 23.0 Å². The first-order valence-corrected chi connectivity index (χ1v) is 17.8. The van der Waals surface area contributed by atoms with Gasteiger partial charge in [0.15, 0.2) is 17.2 Å². The van der Waals surface area contributed by atoms with Crippen LogP contribution in [0.4, 0.5) is 4.79 Å². The number of hydrogen-bond donors (Lipinski definition) is 0. The molecule has 2 atom stereocenters. The fourth-order valence-electron chi connectivity index (χ4n) is 5.73. The van der Waals surface area contributed by atoms with Gasteiger partial charge in [-0.25, -0.2) is 13.2 Å². The molecule has 2 aromatic carbocycles. The summed E-state index contributed by atoms with van der Waals surface area (Å²) in [6.45, 7) is 7.77. The molecule has 0 N–H and O–H groups in total. The van der Waals surface area contributed by atoms with Gasteiger partial charge in [-0.3, -0.25) is 4.90 Å². The van der Waals surface area contributed by atoms with Crippen molar-refractivity contribution in [2.24, 2.45) is 5.92 Å². The minimum absolute atomic E-state index is 0.00806. The van der Waals surface area contributed by atoms with E-state index in [0.717, 1.165) is 17.1 Å². The standard InChI is InChI=1S/C32H35ClN4O9S2/c1-20(2)15-36(48(39,40)24-9-10-27-28(14-24)44-19-43-27)16-29-26(37(32(3,4)46-29)31(38)45-23-11-12-41-17-23)13-21-5-7-22(8-6-21)42-18-25-30(33)47-35-34-25/h5-12,14,17,20,26,29H,13,15-16,18-19H2,1-4H3/t26-,29+/m0/s1. The molecule has 0 bridgehead atoms. The Morgan fingerprint density at radius 1 is 1.12 bits per heavy atom. The summed E-state index contributed by atoms with van der Waals surface area (Å²) in [5.41, 5.74) is 0.265. The van der Waals surface area contributed by atoms with E-state index in [1.807, 2.05) is 38.1 Å². The summed E-state index contributed by atoms with van der Waals surface area (Å²) in [6.07, 6.45) is 1.67. The zero-order valence-corrected chi connectivity index (χ0v) is 29.1. The Bertz CT molecular complexity index is 1830. The fraction of sp³-hybridized carbons (Fsp3) is 0.406. The van der Waals surface area contributed by atoms with Crippen molar-refractivity contribution in [1.82, 2.24) is 18.8 Å². The molecule has 4 aromatic rings. The van der Waals surface area contributed by atoms with Gasteiger partial charge < -0.3 is 28.1 Å². The Morgan fingerprint density at radius 3 is 2.58 bits per heavy atom. The van der Waals surface area contributed by atoms with Gasteiger partial charge in [-0.15, -0.1) is 5.10 Å². The zero-order chi connectivity index (χ0) is 34.1. The minimum atomic E-state index is -4.02. The lowest BCUT2D eigenvalue weighted by atomic mass is 10.00. The predicted octanol–water partition coefficient (Wildman–Crippen LogP) is 5.99. The second-order valence-corrected chi connectivity index (χ2v) is 15.5. The average molecular weight is 719 g/mol. The molecule has 0 radical (unpaired) electrons. The Hall–Kier alpha value is -3.89. The number of fused-ring (bicyclic) bond motifs is 1. The largest absolute Gasteiger partial charge is 0.487 e. The fourth-order valence-corrected chi connectivity index (χ4v) is 7.96. The van der Waals surface area contributed by atoms with Crippen LogP contribution in [0.15, 0.2) is 70.4 Å². The second kappa shape index (κ2) is 13.9. The molecule has 0 aliphatic carbocycles. The summed E-state index contributed by atoms with van der Waals surface area (Å²) in [5, 5.41) is 3.97. The number of furan rings is 1. The van der Waals surface area contributed by atoms with Crippen LogP contribution < -0.4 is 18.9 Å². The molecule has 0 unspecified atom stereocenters. The number of hydrogen-bond acceptors (Lipinski definition) is 12. The van der Waals surface area contributed by atoms with E-state index in [2.05, 4.69) is 9.59 Å². The third-order valence-corrected chi connectivity index (χ3v) is 10.7. The first-order valence-electron chi connectivity index (χ1n) is 15.2. The number of aromatic nitrogens is 2. The van der Waals surface area contributed by atoms with Gasteiger partial charge in [-0.2, -0.15) is 4.31 Å². The third kappa shape index (κ3) is 7.39. The lowest BCUT2D eigenvalue weighted by Gasteiger charge is -2.33. The smallest absolute Gasteiger partial charge is 0.417 e. The molecule has 256 valence electrons. The minimum Gasteiger partial charge on any atom is -0.487 e. The maximum absolute atomic E-state index is 14.1. The van der Waals surface area contributed by atoms with Crippen LogP contribution in [-0.2, 0) is 27.8 Å². The maximum Gasteiger partial charge on any atom is 0.417 e. The molecule has 0 spiro atoms. The van der Waals surface area contributed by atoms with Gasteiger partial charge in [0, 0.05) is 36.8 Å². The van der Waals surface area contributed by atoms with E-state index in [1.54, 1.807) is 19.9 Å². The Balaban J connectivity index is 1.28. The van der Waals surface area contributed by atoms with E-state index in [9.17, 15) is 13.2 Å². The van der Waals surface area contributed by atoms with Crippen molar-refractivity contribution in [2.75, 3.05) is 19.9 Å². The van der Waals surface area contributed by atoms with Crippen LogP contribution in [-0.4, -0.2) is 71.1 Å². The van der Waals surface area contributed by atoms with Gasteiger partial charge in [-0.1, -0.05) is 42.1 Å². The van der Waals surface area contributed by atoms with Gasteiger partial charge in [0.2, 0.25) is 16.8 Å². The molecule has 48 heavy (non-hydrogen) atoms. The number of benzene rings is 2. The van der Waals surface area contributed by atoms with Crippen molar-refractivity contribution in [1.29, 1.82) is 0 Å². The topological polar surface area (TPSA) is 143 Å². The van der Waals surface area contributed by atoms with Gasteiger partial charge in [0.25, 0.3) is 0 Å². The molecule has 1 saturated heterocycles. The van der Waals surface area contributed by atoms with Gasteiger partial charge in [0.1, 0.15) is 34.4 Å². The molecule has 6 rings (SSSR count). The second-order valence-electron chi connectivity index (χ2n) is 12.2. The maximum atomic E-state index is 14.1. The third-order valence-electron chi connectivity index (χ3n) is 7.86. The van der Waals surface area contributed by atoms with Crippen molar-refractivity contribution in [3.8, 4) is 23.0 Å². The zero-order valence-electron chi connectivity index (χ0n) is 26.7. The summed E-state index contributed by atoms with van der Waals surface area (Å²) >= 11 is 7.19. The Morgan fingerprint density at radius 2 is 1.90 bits per heavy atom. The number of halogens is 1. The van der Waals surface area contributed by atoms with E-state index < -0.39 is 34.0 Å². The molecule has 0 saturated carbocycles. The number of carbonyl (C=O) groups excluding carboxylic acids is 1. The molecule has 1 fully saturated rings. The van der Waals surface area contributed by atoms with Crippen LogP contribution >= 0.6 is 23.1 Å². The number of ether oxygens (including phenoxy) is 5. The highest BCUT2D eigenvalue weighted by Gasteiger charge is 2.52. The quantitative estimate of drug-likeness (QED) is 0.171. The van der Waals surface area contributed by atoms with Gasteiger partial charge in [0.05, 0.1) is 23.3 Å². The van der Waals surface area contributed by atoms with Crippen LogP contribution in [0, 0.1) is 5.92 Å². The van der Waals surface area contributed by atoms with Crippen molar-refractivity contribution < 1.29 is 41.3 Å². The van der Waals surface area contributed by atoms with Crippen LogP contribution in [0.25, 0.3) is 0 Å². The Labute approximate surface area is 287 Å². The first-order chi connectivity index (χ1) is 22.9. The average Bonchev–Trinajstić information content (AvgIpc) is 3.84. The number of rotatable bonds is 12. The number of carbonyl (C=O) groups is 1. The van der Waals surface area contributed by atoms with E-state index in [-0.39, 0.29) is 43.1 Å². The Kier molecular flexibility index (Phi) is 9.86. The summed E-state index contributed by atoms with van der Waals surface area (Å²) in [6, 6.07) is 12.9. The highest BCUT2D eigenvalue weighted by atomic mass is 35.5. The van der Waals surface area contributed by atoms with Crippen LogP contribution in [0.2, 0.25) is 4.34 Å². The van der Waals surface area contributed by atoms with Crippen LogP contribution in [0.1, 0.15) is 39.0 Å². The molecule has 16 heteroatoms. The molecular weight excluding hydrogens is 684 g/mol. The van der Waals surface area contributed by atoms with E-state index in [1.165, 1.54) is 39.9 Å². The molecule has 2 aromatic heterocycles. The van der Waals surface area contributed by atoms with E-state index >= 15 is 0 Å². The van der Waals surface area contributed by atoms with Gasteiger partial charge in [-0.05, 0) is 56.0 Å². The van der Waals surface area contributed by atoms with Crippen molar-refractivity contribution in [2.45, 2.75) is 63.5 Å². The SMILES string of the molecule is CC(C)CN(C[C@H]1OC(C)(C)N(C(=O)Oc2ccoc2)[C@H]1Cc1ccc(OCc2nnsc2Cl)cc1)S(=O)(=O)c1ccc2c(c1)OCO2. The molecular formula is C32H35ClN4O9S2. The first kappa shape index (κ1) is 34.0. The molecule has 13 nitrogen and oxygen atoms in total. The number of nitrogens with zero attached hydrogens (tertiary/aromatic N) is 4. The van der Waals surface area contributed by atoms with E-state index in [4.69, 9.17) is 39.7 Å². The highest BCUT2D eigenvalue weighted by molar-refractivity contribution is 7.89. The van der Waals surface area contributed by atoms with Crippen molar-refractivity contribution in [3.05, 3.63) is 76.7 Å². The normalized spacial score (nSPS) is 18.5. The van der Waals surface area contributed by atoms with Crippen molar-refractivity contribution in [3.63, 3.8) is 0 Å². The molecule has 4 heterocycles. The van der Waals surface area contributed by atoms with Crippen LogP contribution in [0.3, 0.4) is 0 Å². The lowest BCUT2D eigenvalue weighted by molar-refractivity contribution is -0.0681.